The molecule has 2 aromatic heterocycles. The predicted molar refractivity (Wildman–Crippen MR) is 130 cm³/mol. The van der Waals surface area contributed by atoms with E-state index in [9.17, 15) is 13.8 Å². The van der Waals surface area contributed by atoms with Gasteiger partial charge in [0.1, 0.15) is 5.03 Å². The first kappa shape index (κ1) is 24.7. The molecular formula is C21H22N4O5S3. The normalized spacial score (nSPS) is 12.5. The number of hydrogen-bond acceptors (Lipinski definition) is 9. The standard InChI is InChI=1S/C21H22N4O5S3/c1-3-30-21(28)25-33(2,29)15-8-6-14(7-9-15)23-20-22-13-16(17-5-4-11-31-17)19(24-20)32-12-10-18(26)27/h4-9,11,13H,3,10,12H2,1-2H3,(H,26,27)(H,22,23,24). The van der Waals surface area contributed by atoms with E-state index < -0.39 is 21.8 Å². The summed E-state index contributed by atoms with van der Waals surface area (Å²) in [6.45, 7) is 1.80. The summed E-state index contributed by atoms with van der Waals surface area (Å²) in [5.41, 5.74) is 1.49. The Labute approximate surface area is 199 Å². The first-order valence-corrected chi connectivity index (χ1v) is 13.6. The van der Waals surface area contributed by atoms with E-state index in [-0.39, 0.29) is 13.0 Å². The molecule has 33 heavy (non-hydrogen) atoms. The second-order valence-electron chi connectivity index (χ2n) is 6.62. The summed E-state index contributed by atoms with van der Waals surface area (Å²) in [6, 6.07) is 10.5. The fraction of sp³-hybridized carbons (Fsp3) is 0.238. The van der Waals surface area contributed by atoms with Crippen molar-refractivity contribution in [3.8, 4) is 10.4 Å². The summed E-state index contributed by atoms with van der Waals surface area (Å²) < 4.78 is 21.1. The van der Waals surface area contributed by atoms with Gasteiger partial charge in [-0.25, -0.2) is 19.0 Å². The summed E-state index contributed by atoms with van der Waals surface area (Å²) in [5.74, 6) is -0.141. The van der Waals surface area contributed by atoms with Crippen molar-refractivity contribution in [3.05, 3.63) is 48.0 Å². The Morgan fingerprint density at radius 3 is 2.67 bits per heavy atom. The van der Waals surface area contributed by atoms with E-state index in [1.165, 1.54) is 18.0 Å². The molecule has 0 spiro atoms. The molecule has 1 atom stereocenters. The van der Waals surface area contributed by atoms with Gasteiger partial charge in [0.2, 0.25) is 5.95 Å². The highest BCUT2D eigenvalue weighted by atomic mass is 32.2. The lowest BCUT2D eigenvalue weighted by molar-refractivity contribution is -0.136. The van der Waals surface area contributed by atoms with Gasteiger partial charge in [0.15, 0.2) is 0 Å². The number of ether oxygens (including phenoxy) is 1. The van der Waals surface area contributed by atoms with E-state index in [1.54, 1.807) is 48.7 Å². The molecule has 3 aromatic rings. The number of carbonyl (C=O) groups is 2. The Balaban J connectivity index is 1.80. The monoisotopic (exact) mass is 506 g/mol. The first-order chi connectivity index (χ1) is 15.8. The molecule has 2 heterocycles. The molecule has 0 aliphatic heterocycles. The number of carbonyl (C=O) groups excluding carboxylic acids is 1. The van der Waals surface area contributed by atoms with Gasteiger partial charge in [0.25, 0.3) is 0 Å². The van der Waals surface area contributed by atoms with Crippen LogP contribution in [0.25, 0.3) is 10.4 Å². The number of thioether (sulfide) groups is 1. The van der Waals surface area contributed by atoms with Gasteiger partial charge in [-0.15, -0.1) is 27.5 Å². The second-order valence-corrected chi connectivity index (χ2v) is 10.9. The highest BCUT2D eigenvalue weighted by Crippen LogP contribution is 2.33. The molecule has 174 valence electrons. The number of thiophene rings is 1. The van der Waals surface area contributed by atoms with Crippen LogP contribution in [-0.2, 0) is 19.3 Å². The Kier molecular flexibility index (Phi) is 8.42. The van der Waals surface area contributed by atoms with Crippen LogP contribution >= 0.6 is 23.1 Å². The number of amides is 1. The molecule has 1 aromatic carbocycles. The van der Waals surface area contributed by atoms with Crippen molar-refractivity contribution >= 4 is 56.5 Å². The second kappa shape index (κ2) is 11.3. The molecule has 0 bridgehead atoms. The Hall–Kier alpha value is -2.96. The minimum Gasteiger partial charge on any atom is -0.481 e. The Morgan fingerprint density at radius 2 is 2.03 bits per heavy atom. The Bertz CT molecular complexity index is 1240. The van der Waals surface area contributed by atoms with Crippen molar-refractivity contribution in [2.24, 2.45) is 4.36 Å². The largest absolute Gasteiger partial charge is 0.481 e. The van der Waals surface area contributed by atoms with E-state index in [1.807, 2.05) is 17.5 Å². The van der Waals surface area contributed by atoms with Crippen molar-refractivity contribution in [2.45, 2.75) is 23.3 Å². The molecule has 12 heteroatoms. The van der Waals surface area contributed by atoms with Gasteiger partial charge in [0.05, 0.1) is 22.8 Å². The molecule has 1 unspecified atom stereocenters. The maximum absolute atomic E-state index is 12.7. The highest BCUT2D eigenvalue weighted by Gasteiger charge is 2.13. The number of aromatic nitrogens is 2. The molecule has 2 N–H and O–H groups in total. The minimum absolute atomic E-state index is 0.0237. The lowest BCUT2D eigenvalue weighted by Gasteiger charge is -2.11. The summed E-state index contributed by atoms with van der Waals surface area (Å²) in [6.07, 6.45) is 2.24. The molecule has 0 radical (unpaired) electrons. The van der Waals surface area contributed by atoms with E-state index in [4.69, 9.17) is 9.84 Å². The van der Waals surface area contributed by atoms with Gasteiger partial charge in [-0.2, -0.15) is 0 Å². The third kappa shape index (κ3) is 7.01. The van der Waals surface area contributed by atoms with Crippen LogP contribution in [0.3, 0.4) is 0 Å². The van der Waals surface area contributed by atoms with Crippen molar-refractivity contribution in [2.75, 3.05) is 23.9 Å². The van der Waals surface area contributed by atoms with Crippen LogP contribution in [0.4, 0.5) is 16.4 Å². The maximum atomic E-state index is 12.7. The number of carboxylic acid groups (broad SMARTS) is 1. The topological polar surface area (TPSA) is 131 Å². The fourth-order valence-electron chi connectivity index (χ4n) is 2.64. The zero-order valence-electron chi connectivity index (χ0n) is 17.9. The van der Waals surface area contributed by atoms with Crippen molar-refractivity contribution in [1.82, 2.24) is 9.97 Å². The summed E-state index contributed by atoms with van der Waals surface area (Å²) >= 11 is 2.91. The molecule has 0 fully saturated rings. The number of nitrogens with zero attached hydrogens (tertiary/aromatic N) is 3. The highest BCUT2D eigenvalue weighted by molar-refractivity contribution is 7.99. The van der Waals surface area contributed by atoms with E-state index in [0.29, 0.717) is 27.3 Å². The average molecular weight is 507 g/mol. The third-order valence-electron chi connectivity index (χ3n) is 4.16. The van der Waals surface area contributed by atoms with Gasteiger partial charge >= 0.3 is 12.1 Å². The van der Waals surface area contributed by atoms with Gasteiger partial charge in [-0.3, -0.25) is 4.79 Å². The predicted octanol–water partition coefficient (Wildman–Crippen LogP) is 5.13. The van der Waals surface area contributed by atoms with Crippen LogP contribution in [0.5, 0.6) is 0 Å². The van der Waals surface area contributed by atoms with E-state index in [2.05, 4.69) is 19.6 Å². The fourth-order valence-corrected chi connectivity index (χ4v) is 5.46. The van der Waals surface area contributed by atoms with Crippen molar-refractivity contribution in [1.29, 1.82) is 0 Å². The van der Waals surface area contributed by atoms with Gasteiger partial charge in [-0.05, 0) is 42.6 Å². The number of carboxylic acids is 1. The quantitative estimate of drug-likeness (QED) is 0.299. The lowest BCUT2D eigenvalue weighted by Crippen LogP contribution is -2.05. The molecular weight excluding hydrogens is 484 g/mol. The van der Waals surface area contributed by atoms with E-state index >= 15 is 0 Å². The summed E-state index contributed by atoms with van der Waals surface area (Å²) in [7, 11) is -2.93. The average Bonchev–Trinajstić information content (AvgIpc) is 3.28. The number of benzene rings is 1. The maximum Gasteiger partial charge on any atom is 0.442 e. The van der Waals surface area contributed by atoms with Crippen LogP contribution in [-0.4, -0.2) is 50.0 Å². The van der Waals surface area contributed by atoms with Gasteiger partial charge < -0.3 is 15.2 Å². The molecule has 1 amide bonds. The molecule has 0 saturated heterocycles. The van der Waals surface area contributed by atoms with Crippen molar-refractivity contribution < 1.29 is 23.6 Å². The number of hydrogen-bond donors (Lipinski definition) is 2. The van der Waals surface area contributed by atoms with Gasteiger partial charge in [-0.1, -0.05) is 6.07 Å². The SMILES string of the molecule is CCOC(=O)N=S(C)(=O)c1ccc(Nc2ncc(-c3cccs3)c(SCCC(=O)O)n2)cc1. The first-order valence-electron chi connectivity index (χ1n) is 9.80. The lowest BCUT2D eigenvalue weighted by atomic mass is 10.3. The molecule has 9 nitrogen and oxygen atoms in total. The van der Waals surface area contributed by atoms with Crippen LogP contribution in [0.15, 0.2) is 62.3 Å². The Morgan fingerprint density at radius 1 is 1.27 bits per heavy atom. The van der Waals surface area contributed by atoms with Gasteiger partial charge in [0, 0.05) is 39.2 Å². The zero-order chi connectivity index (χ0) is 23.8. The van der Waals surface area contributed by atoms with E-state index in [0.717, 1.165) is 10.4 Å². The summed E-state index contributed by atoms with van der Waals surface area (Å²) in [5, 5.41) is 14.7. The van der Waals surface area contributed by atoms with Crippen LogP contribution in [0, 0.1) is 0 Å². The molecule has 3 rings (SSSR count). The zero-order valence-corrected chi connectivity index (χ0v) is 20.3. The third-order valence-corrected chi connectivity index (χ3v) is 7.70. The number of anilines is 2. The molecule has 0 aliphatic rings. The minimum atomic E-state index is -2.93. The summed E-state index contributed by atoms with van der Waals surface area (Å²) in [4.78, 5) is 32.8. The van der Waals surface area contributed by atoms with Crippen LogP contribution < -0.4 is 5.32 Å². The molecule has 0 saturated carbocycles. The van der Waals surface area contributed by atoms with Crippen LogP contribution in [0.1, 0.15) is 13.3 Å². The number of nitrogens with one attached hydrogen (secondary N) is 1. The smallest absolute Gasteiger partial charge is 0.442 e. The van der Waals surface area contributed by atoms with Crippen LogP contribution in [0.2, 0.25) is 0 Å². The number of aliphatic carboxylic acids is 1. The number of rotatable bonds is 9. The van der Waals surface area contributed by atoms with Crippen molar-refractivity contribution in [3.63, 3.8) is 0 Å². The molecule has 0 aliphatic carbocycles.